The third-order valence-electron chi connectivity index (χ3n) is 5.32. The van der Waals surface area contributed by atoms with E-state index < -0.39 is 6.43 Å². The molecule has 5 nitrogen and oxygen atoms in total. The number of aromatic nitrogens is 2. The molecule has 174 valence electrons. The lowest BCUT2D eigenvalue weighted by atomic mass is 10.1. The summed E-state index contributed by atoms with van der Waals surface area (Å²) in [6.07, 6.45) is -1.33. The Labute approximate surface area is 192 Å². The van der Waals surface area contributed by atoms with Crippen LogP contribution in [0, 0.1) is 6.92 Å². The Kier molecular flexibility index (Phi) is 8.46. The molecule has 0 unspecified atom stereocenters. The van der Waals surface area contributed by atoms with Crippen molar-refractivity contribution in [3.05, 3.63) is 87.5 Å². The Balaban J connectivity index is 1.93. The smallest absolute Gasteiger partial charge is 0.254 e. The van der Waals surface area contributed by atoms with E-state index in [1.165, 1.54) is 10.6 Å². The molecule has 33 heavy (non-hydrogen) atoms. The molecule has 1 amide bonds. The number of carbonyl (C=O) groups excluding carboxylic acids is 1. The van der Waals surface area contributed by atoms with Gasteiger partial charge in [-0.15, -0.1) is 0 Å². The molecule has 0 saturated carbocycles. The van der Waals surface area contributed by atoms with E-state index in [4.69, 9.17) is 0 Å². The molecule has 0 fully saturated rings. The summed E-state index contributed by atoms with van der Waals surface area (Å²) in [6.45, 7) is 4.74. The minimum absolute atomic E-state index is 0.170. The van der Waals surface area contributed by atoms with Gasteiger partial charge in [0, 0.05) is 36.6 Å². The van der Waals surface area contributed by atoms with Crippen LogP contribution in [0.3, 0.4) is 0 Å². The van der Waals surface area contributed by atoms with Crippen LogP contribution in [0.2, 0.25) is 0 Å². The fourth-order valence-corrected chi connectivity index (χ4v) is 3.53. The topological polar surface area (TPSA) is 64.0 Å². The first-order valence-corrected chi connectivity index (χ1v) is 11.2. The molecule has 0 aliphatic carbocycles. The number of hydrogen-bond donors (Lipinski definition) is 1. The summed E-state index contributed by atoms with van der Waals surface area (Å²) in [7, 11) is 0. The molecule has 2 aromatic carbocycles. The van der Waals surface area contributed by atoms with E-state index in [-0.39, 0.29) is 37.3 Å². The maximum Gasteiger partial charge on any atom is 0.254 e. The largest absolute Gasteiger partial charge is 0.352 e. The maximum absolute atomic E-state index is 13.1. The standard InChI is InChI=1S/C26H29F2N3O2/c1-3-14-29-26(33)21-7-4-6-19(15-21)17-31-24(9-5-8-23(27)28)30-22(16-25(31)32)20-12-10-18(2)11-13-20/h4,6-7,10-13,15-16,23H,3,5,8-9,14,17H2,1-2H3,(H,29,33). The van der Waals surface area contributed by atoms with Crippen molar-refractivity contribution >= 4 is 5.91 Å². The van der Waals surface area contributed by atoms with Crippen LogP contribution in [-0.2, 0) is 13.0 Å². The first kappa shape index (κ1) is 24.3. The van der Waals surface area contributed by atoms with Crippen LogP contribution in [0.5, 0.6) is 0 Å². The summed E-state index contributed by atoms with van der Waals surface area (Å²) < 4.78 is 27.0. The number of rotatable bonds is 10. The summed E-state index contributed by atoms with van der Waals surface area (Å²) in [5.74, 6) is 0.288. The first-order valence-electron chi connectivity index (χ1n) is 11.2. The van der Waals surface area contributed by atoms with Crippen molar-refractivity contribution < 1.29 is 13.6 Å². The van der Waals surface area contributed by atoms with Crippen molar-refractivity contribution in [1.29, 1.82) is 0 Å². The highest BCUT2D eigenvalue weighted by atomic mass is 19.3. The van der Waals surface area contributed by atoms with E-state index in [9.17, 15) is 18.4 Å². The van der Waals surface area contributed by atoms with Crippen molar-refractivity contribution in [2.75, 3.05) is 6.54 Å². The van der Waals surface area contributed by atoms with Gasteiger partial charge in [0.25, 0.3) is 11.5 Å². The van der Waals surface area contributed by atoms with Crippen molar-refractivity contribution in [1.82, 2.24) is 14.9 Å². The Morgan fingerprint density at radius 3 is 2.58 bits per heavy atom. The van der Waals surface area contributed by atoms with Gasteiger partial charge < -0.3 is 5.32 Å². The molecule has 7 heteroatoms. The van der Waals surface area contributed by atoms with Crippen LogP contribution >= 0.6 is 0 Å². The van der Waals surface area contributed by atoms with Gasteiger partial charge in [-0.05, 0) is 37.5 Å². The Bertz CT molecular complexity index is 1140. The number of benzene rings is 2. The Hall–Kier alpha value is -3.35. The summed E-state index contributed by atoms with van der Waals surface area (Å²) in [4.78, 5) is 30.0. The maximum atomic E-state index is 13.1. The molecular formula is C26H29F2N3O2. The minimum Gasteiger partial charge on any atom is -0.352 e. The SMILES string of the molecule is CCCNC(=O)c1cccc(Cn2c(CCCC(F)F)nc(-c3ccc(C)cc3)cc2=O)c1. The van der Waals surface area contributed by atoms with Gasteiger partial charge in [-0.3, -0.25) is 14.2 Å². The quantitative estimate of drug-likeness (QED) is 0.470. The van der Waals surface area contributed by atoms with Gasteiger partial charge in [0.1, 0.15) is 5.82 Å². The van der Waals surface area contributed by atoms with Gasteiger partial charge in [0.2, 0.25) is 6.43 Å². The van der Waals surface area contributed by atoms with Crippen molar-refractivity contribution in [2.45, 2.75) is 52.5 Å². The zero-order valence-electron chi connectivity index (χ0n) is 19.0. The average Bonchev–Trinajstić information content (AvgIpc) is 2.79. The van der Waals surface area contributed by atoms with Gasteiger partial charge in [0.15, 0.2) is 0 Å². The van der Waals surface area contributed by atoms with Gasteiger partial charge in [-0.25, -0.2) is 13.8 Å². The number of carbonyl (C=O) groups is 1. The van der Waals surface area contributed by atoms with Crippen LogP contribution in [-0.4, -0.2) is 28.4 Å². The van der Waals surface area contributed by atoms with Crippen molar-refractivity contribution in [2.24, 2.45) is 0 Å². The molecule has 0 radical (unpaired) electrons. The van der Waals surface area contributed by atoms with Gasteiger partial charge in [-0.2, -0.15) is 0 Å². The normalized spacial score (nSPS) is 11.1. The lowest BCUT2D eigenvalue weighted by Crippen LogP contribution is -2.26. The van der Waals surface area contributed by atoms with E-state index >= 15 is 0 Å². The number of nitrogens with one attached hydrogen (secondary N) is 1. The summed E-state index contributed by atoms with van der Waals surface area (Å²) in [5, 5.41) is 2.84. The van der Waals surface area contributed by atoms with Gasteiger partial charge in [-0.1, -0.05) is 48.9 Å². The van der Waals surface area contributed by atoms with Gasteiger partial charge in [0.05, 0.1) is 12.2 Å². The highest BCUT2D eigenvalue weighted by Crippen LogP contribution is 2.18. The van der Waals surface area contributed by atoms with Crippen LogP contribution in [0.4, 0.5) is 8.78 Å². The third-order valence-corrected chi connectivity index (χ3v) is 5.32. The molecule has 0 aliphatic rings. The minimum atomic E-state index is -2.40. The van der Waals surface area contributed by atoms with E-state index in [0.29, 0.717) is 23.6 Å². The second-order valence-electron chi connectivity index (χ2n) is 8.09. The number of amides is 1. The second kappa shape index (κ2) is 11.5. The predicted molar refractivity (Wildman–Crippen MR) is 126 cm³/mol. The Morgan fingerprint density at radius 2 is 1.88 bits per heavy atom. The number of aryl methyl sites for hydroxylation is 2. The summed E-state index contributed by atoms with van der Waals surface area (Å²) in [6, 6.07) is 16.2. The molecule has 1 N–H and O–H groups in total. The van der Waals surface area contributed by atoms with E-state index in [1.807, 2.05) is 44.2 Å². The van der Waals surface area contributed by atoms with Crippen molar-refractivity contribution in [3.8, 4) is 11.3 Å². The van der Waals surface area contributed by atoms with E-state index in [2.05, 4.69) is 10.3 Å². The molecule has 0 bridgehead atoms. The number of alkyl halides is 2. The average molecular weight is 454 g/mol. The summed E-state index contributed by atoms with van der Waals surface area (Å²) in [5.41, 5.74) is 3.44. The van der Waals surface area contributed by atoms with E-state index in [0.717, 1.165) is 23.1 Å². The van der Waals surface area contributed by atoms with Crippen molar-refractivity contribution in [3.63, 3.8) is 0 Å². The first-order chi connectivity index (χ1) is 15.9. The highest BCUT2D eigenvalue weighted by Gasteiger charge is 2.13. The monoisotopic (exact) mass is 453 g/mol. The van der Waals surface area contributed by atoms with Crippen LogP contribution < -0.4 is 10.9 Å². The molecular weight excluding hydrogens is 424 g/mol. The molecule has 0 spiro atoms. The molecule has 3 aromatic rings. The molecule has 0 aliphatic heterocycles. The molecule has 0 saturated heterocycles. The molecule has 1 aromatic heterocycles. The third kappa shape index (κ3) is 6.81. The number of hydrogen-bond acceptors (Lipinski definition) is 3. The summed E-state index contributed by atoms with van der Waals surface area (Å²) >= 11 is 0. The number of nitrogens with zero attached hydrogens (tertiary/aromatic N) is 2. The van der Waals surface area contributed by atoms with Crippen LogP contribution in [0.15, 0.2) is 59.4 Å². The fourth-order valence-electron chi connectivity index (χ4n) is 3.53. The van der Waals surface area contributed by atoms with Crippen LogP contribution in [0.1, 0.15) is 53.5 Å². The van der Waals surface area contributed by atoms with E-state index in [1.54, 1.807) is 18.2 Å². The van der Waals surface area contributed by atoms with Crippen LogP contribution in [0.25, 0.3) is 11.3 Å². The number of halogens is 2. The fraction of sp³-hybridized carbons (Fsp3) is 0.346. The predicted octanol–water partition coefficient (Wildman–Crippen LogP) is 4.99. The lowest BCUT2D eigenvalue weighted by molar-refractivity contribution is 0.0953. The lowest BCUT2D eigenvalue weighted by Gasteiger charge is -2.15. The molecule has 3 rings (SSSR count). The molecule has 1 heterocycles. The second-order valence-corrected chi connectivity index (χ2v) is 8.09. The zero-order valence-corrected chi connectivity index (χ0v) is 19.0. The van der Waals surface area contributed by atoms with Gasteiger partial charge >= 0.3 is 0 Å². The molecule has 0 atom stereocenters. The Morgan fingerprint density at radius 1 is 1.12 bits per heavy atom. The highest BCUT2D eigenvalue weighted by molar-refractivity contribution is 5.94. The zero-order chi connectivity index (χ0) is 23.8.